The maximum Gasteiger partial charge on any atom is 0.152 e. The summed E-state index contributed by atoms with van der Waals surface area (Å²) >= 11 is 0. The van der Waals surface area contributed by atoms with E-state index in [1.807, 2.05) is 6.08 Å². The first-order chi connectivity index (χ1) is 10.3. The Morgan fingerprint density at radius 2 is 2.14 bits per heavy atom. The lowest BCUT2D eigenvalue weighted by Gasteiger charge is -2.28. The number of hydrogen-bond donors (Lipinski definition) is 0. The van der Waals surface area contributed by atoms with Crippen LogP contribution in [0.25, 0.3) is 0 Å². The summed E-state index contributed by atoms with van der Waals surface area (Å²) in [7, 11) is 0. The van der Waals surface area contributed by atoms with E-state index in [4.69, 9.17) is 4.74 Å². The van der Waals surface area contributed by atoms with Gasteiger partial charge in [0.15, 0.2) is 5.78 Å². The van der Waals surface area contributed by atoms with Crippen molar-refractivity contribution in [3.05, 3.63) is 48.0 Å². The van der Waals surface area contributed by atoms with Crippen LogP contribution in [0.4, 0.5) is 0 Å². The highest BCUT2D eigenvalue weighted by molar-refractivity contribution is 5.87. The van der Waals surface area contributed by atoms with Crippen LogP contribution < -0.4 is 0 Å². The summed E-state index contributed by atoms with van der Waals surface area (Å²) in [6, 6.07) is 11.6. The highest BCUT2D eigenvalue weighted by atomic mass is 16.5. The normalized spacial score (nSPS) is 29.1. The Labute approximate surface area is 126 Å². The number of carbonyl (C=O) groups excluding carboxylic acids is 1. The monoisotopic (exact) mass is 285 g/mol. The van der Waals surface area contributed by atoms with Crippen LogP contribution in [0.1, 0.15) is 44.2 Å². The smallest absolute Gasteiger partial charge is 0.152 e. The SMILES string of the molecule is CC(=O)/C=C/CC[C@H]1CC[C@@H]2OC[C@@H](c3ccccc3)N12. The molecule has 2 heterocycles. The van der Waals surface area contributed by atoms with Gasteiger partial charge in [0.1, 0.15) is 6.23 Å². The number of hydrogen-bond acceptors (Lipinski definition) is 3. The first-order valence-corrected chi connectivity index (χ1v) is 7.87. The van der Waals surface area contributed by atoms with E-state index in [0.29, 0.717) is 12.1 Å². The van der Waals surface area contributed by atoms with Crippen molar-refractivity contribution in [3.63, 3.8) is 0 Å². The Balaban J connectivity index is 1.65. The van der Waals surface area contributed by atoms with Crippen LogP contribution in [0, 0.1) is 0 Å². The van der Waals surface area contributed by atoms with Crippen molar-refractivity contribution in [3.8, 4) is 0 Å². The fourth-order valence-electron chi connectivity index (χ4n) is 3.56. The zero-order valence-corrected chi connectivity index (χ0v) is 12.6. The lowest BCUT2D eigenvalue weighted by Crippen LogP contribution is -2.34. The average Bonchev–Trinajstić information content (AvgIpc) is 3.06. The van der Waals surface area contributed by atoms with E-state index < -0.39 is 0 Å². The maximum atomic E-state index is 10.9. The van der Waals surface area contributed by atoms with Gasteiger partial charge in [-0.15, -0.1) is 0 Å². The molecule has 3 heteroatoms. The molecule has 1 aromatic rings. The summed E-state index contributed by atoms with van der Waals surface area (Å²) in [5.41, 5.74) is 1.35. The number of carbonyl (C=O) groups is 1. The quantitative estimate of drug-likeness (QED) is 0.776. The third-order valence-electron chi connectivity index (χ3n) is 4.51. The van der Waals surface area contributed by atoms with E-state index >= 15 is 0 Å². The van der Waals surface area contributed by atoms with Gasteiger partial charge in [0.05, 0.1) is 12.6 Å². The molecule has 0 unspecified atom stereocenters. The fourth-order valence-corrected chi connectivity index (χ4v) is 3.56. The van der Waals surface area contributed by atoms with Crippen molar-refractivity contribution >= 4 is 5.78 Å². The zero-order chi connectivity index (χ0) is 14.7. The van der Waals surface area contributed by atoms with Gasteiger partial charge in [-0.1, -0.05) is 36.4 Å². The van der Waals surface area contributed by atoms with Crippen molar-refractivity contribution < 1.29 is 9.53 Å². The van der Waals surface area contributed by atoms with Gasteiger partial charge in [-0.2, -0.15) is 0 Å². The lowest BCUT2D eigenvalue weighted by molar-refractivity contribution is -0.112. The Morgan fingerprint density at radius 1 is 1.33 bits per heavy atom. The van der Waals surface area contributed by atoms with Crippen LogP contribution in [0.2, 0.25) is 0 Å². The summed E-state index contributed by atoms with van der Waals surface area (Å²) in [5, 5.41) is 0. The number of benzene rings is 1. The van der Waals surface area contributed by atoms with E-state index in [-0.39, 0.29) is 12.0 Å². The summed E-state index contributed by atoms with van der Waals surface area (Å²) < 4.78 is 5.97. The molecule has 0 bridgehead atoms. The van der Waals surface area contributed by atoms with E-state index in [1.165, 1.54) is 12.0 Å². The molecule has 2 aliphatic rings. The topological polar surface area (TPSA) is 29.5 Å². The first kappa shape index (κ1) is 14.5. The second kappa shape index (κ2) is 6.54. The Kier molecular flexibility index (Phi) is 4.51. The predicted molar refractivity (Wildman–Crippen MR) is 82.8 cm³/mol. The van der Waals surface area contributed by atoms with E-state index in [1.54, 1.807) is 13.0 Å². The van der Waals surface area contributed by atoms with Gasteiger partial charge in [-0.25, -0.2) is 0 Å². The summed E-state index contributed by atoms with van der Waals surface area (Å²) in [6.45, 7) is 2.40. The number of nitrogens with zero attached hydrogens (tertiary/aromatic N) is 1. The van der Waals surface area contributed by atoms with Crippen molar-refractivity contribution in [2.24, 2.45) is 0 Å². The second-order valence-electron chi connectivity index (χ2n) is 5.98. The first-order valence-electron chi connectivity index (χ1n) is 7.87. The third-order valence-corrected chi connectivity index (χ3v) is 4.51. The minimum atomic E-state index is 0.131. The molecular weight excluding hydrogens is 262 g/mol. The van der Waals surface area contributed by atoms with Crippen molar-refractivity contribution in [2.75, 3.05) is 6.61 Å². The van der Waals surface area contributed by atoms with E-state index in [2.05, 4.69) is 35.2 Å². The zero-order valence-electron chi connectivity index (χ0n) is 12.6. The molecule has 0 aliphatic carbocycles. The van der Waals surface area contributed by atoms with Crippen LogP contribution in [0.5, 0.6) is 0 Å². The summed E-state index contributed by atoms with van der Waals surface area (Å²) in [5.74, 6) is 0.131. The molecule has 2 fully saturated rings. The number of ketones is 1. The molecule has 3 rings (SSSR count). The third kappa shape index (κ3) is 3.25. The number of fused-ring (bicyclic) bond motifs is 1. The second-order valence-corrected chi connectivity index (χ2v) is 5.98. The summed E-state index contributed by atoms with van der Waals surface area (Å²) in [4.78, 5) is 13.5. The fraction of sp³-hybridized carbons (Fsp3) is 0.500. The lowest BCUT2D eigenvalue weighted by atomic mass is 10.0. The van der Waals surface area contributed by atoms with Gasteiger partial charge < -0.3 is 4.74 Å². The minimum absolute atomic E-state index is 0.131. The maximum absolute atomic E-state index is 10.9. The van der Waals surface area contributed by atoms with Crippen LogP contribution in [0.15, 0.2) is 42.5 Å². The number of ether oxygens (including phenoxy) is 1. The van der Waals surface area contributed by atoms with Crippen LogP contribution in [-0.4, -0.2) is 29.6 Å². The van der Waals surface area contributed by atoms with E-state index in [0.717, 1.165) is 25.9 Å². The molecule has 1 aromatic carbocycles. The molecule has 3 nitrogen and oxygen atoms in total. The van der Waals surface area contributed by atoms with Crippen LogP contribution in [-0.2, 0) is 9.53 Å². The largest absolute Gasteiger partial charge is 0.361 e. The van der Waals surface area contributed by atoms with Gasteiger partial charge in [0.2, 0.25) is 0 Å². The molecule has 0 saturated carbocycles. The molecule has 0 radical (unpaired) electrons. The molecular formula is C18H23NO2. The molecule has 112 valence electrons. The molecule has 0 aromatic heterocycles. The Morgan fingerprint density at radius 3 is 2.90 bits per heavy atom. The molecule has 0 N–H and O–H groups in total. The van der Waals surface area contributed by atoms with Gasteiger partial charge >= 0.3 is 0 Å². The van der Waals surface area contributed by atoms with Gasteiger partial charge in [0.25, 0.3) is 0 Å². The van der Waals surface area contributed by atoms with Crippen molar-refractivity contribution in [1.82, 2.24) is 4.90 Å². The average molecular weight is 285 g/mol. The van der Waals surface area contributed by atoms with Crippen molar-refractivity contribution in [2.45, 2.75) is 50.9 Å². The highest BCUT2D eigenvalue weighted by Crippen LogP contribution is 2.41. The molecule has 0 amide bonds. The molecule has 2 aliphatic heterocycles. The van der Waals surface area contributed by atoms with Gasteiger partial charge in [0, 0.05) is 6.04 Å². The van der Waals surface area contributed by atoms with Gasteiger partial charge in [-0.3, -0.25) is 9.69 Å². The highest BCUT2D eigenvalue weighted by Gasteiger charge is 2.43. The van der Waals surface area contributed by atoms with Crippen LogP contribution >= 0.6 is 0 Å². The van der Waals surface area contributed by atoms with E-state index in [9.17, 15) is 4.79 Å². The molecule has 0 spiro atoms. The number of allylic oxidation sites excluding steroid dienone is 2. The Hall–Kier alpha value is -1.45. The number of rotatable bonds is 5. The van der Waals surface area contributed by atoms with Crippen LogP contribution in [0.3, 0.4) is 0 Å². The minimum Gasteiger partial charge on any atom is -0.361 e. The predicted octanol–water partition coefficient (Wildman–Crippen LogP) is 3.47. The standard InChI is InChI=1S/C18H23NO2/c1-14(20)7-5-6-10-16-11-12-18-19(16)17(13-21-18)15-8-3-2-4-9-15/h2-5,7-9,16-18H,6,10-13H2,1H3/b7-5+/t16-,17-,18-/m0/s1. The molecule has 3 atom stereocenters. The van der Waals surface area contributed by atoms with Gasteiger partial charge in [-0.05, 0) is 44.2 Å². The summed E-state index contributed by atoms with van der Waals surface area (Å²) in [6.07, 6.45) is 8.37. The molecule has 2 saturated heterocycles. The molecule has 21 heavy (non-hydrogen) atoms. The van der Waals surface area contributed by atoms with Crippen molar-refractivity contribution in [1.29, 1.82) is 0 Å². The Bertz CT molecular complexity index is 511.